The molecule has 1 aliphatic heterocycles. The molecule has 0 saturated carbocycles. The lowest BCUT2D eigenvalue weighted by Crippen LogP contribution is -2.26. The Balaban J connectivity index is 2.01. The van der Waals surface area contributed by atoms with Crippen molar-refractivity contribution in [3.8, 4) is 5.69 Å². The van der Waals surface area contributed by atoms with Crippen molar-refractivity contribution >= 4 is 0 Å². The number of aromatic nitrogens is 4. The molecule has 0 aliphatic carbocycles. The highest BCUT2D eigenvalue weighted by molar-refractivity contribution is 5.28. The minimum Gasteiger partial charge on any atom is -0.296 e. The van der Waals surface area contributed by atoms with Gasteiger partial charge in [-0.25, -0.2) is 9.67 Å². The van der Waals surface area contributed by atoms with Crippen LogP contribution in [0.1, 0.15) is 57.2 Å². The fourth-order valence-corrected chi connectivity index (χ4v) is 3.28. The first kappa shape index (κ1) is 16.1. The second-order valence-corrected chi connectivity index (χ2v) is 6.95. The van der Waals surface area contributed by atoms with E-state index in [0.717, 1.165) is 36.7 Å². The molecule has 0 N–H and O–H groups in total. The van der Waals surface area contributed by atoms with Gasteiger partial charge < -0.3 is 0 Å². The van der Waals surface area contributed by atoms with Crippen LogP contribution < -0.4 is 0 Å². The standard InChI is InChI=1S/C18H27N5/c1-14(2)12-17-20-18(16-9-5-4-6-11-22(16)3)23(21-17)15-8-7-10-19-13-15/h7-8,10,13-14,16H,4-6,9,11-12H2,1-3H3/t16-/m1/s1. The quantitative estimate of drug-likeness (QED) is 0.868. The van der Waals surface area contributed by atoms with Crippen LogP contribution >= 0.6 is 0 Å². The summed E-state index contributed by atoms with van der Waals surface area (Å²) in [5.41, 5.74) is 1.00. The van der Waals surface area contributed by atoms with E-state index in [1.54, 1.807) is 6.20 Å². The Bertz CT molecular complexity index is 620. The van der Waals surface area contributed by atoms with Crippen LogP contribution in [0.3, 0.4) is 0 Å². The van der Waals surface area contributed by atoms with Crippen molar-refractivity contribution in [2.24, 2.45) is 5.92 Å². The predicted molar refractivity (Wildman–Crippen MR) is 91.5 cm³/mol. The molecule has 2 aromatic rings. The van der Waals surface area contributed by atoms with Gasteiger partial charge in [0.2, 0.25) is 0 Å². The van der Waals surface area contributed by atoms with Gasteiger partial charge in [-0.2, -0.15) is 5.10 Å². The van der Waals surface area contributed by atoms with Gasteiger partial charge in [0.1, 0.15) is 5.82 Å². The zero-order valence-electron chi connectivity index (χ0n) is 14.4. The van der Waals surface area contributed by atoms with Crippen LogP contribution in [0.15, 0.2) is 24.5 Å². The van der Waals surface area contributed by atoms with E-state index in [-0.39, 0.29) is 0 Å². The maximum absolute atomic E-state index is 4.92. The summed E-state index contributed by atoms with van der Waals surface area (Å²) in [5.74, 6) is 2.56. The van der Waals surface area contributed by atoms with E-state index in [4.69, 9.17) is 10.1 Å². The van der Waals surface area contributed by atoms with Gasteiger partial charge in [-0.1, -0.05) is 26.7 Å². The highest BCUT2D eigenvalue weighted by atomic mass is 15.4. The van der Waals surface area contributed by atoms with E-state index in [0.29, 0.717) is 12.0 Å². The highest BCUT2D eigenvalue weighted by Gasteiger charge is 2.26. The summed E-state index contributed by atoms with van der Waals surface area (Å²) in [6, 6.07) is 4.35. The number of rotatable bonds is 4. The molecule has 0 unspecified atom stereocenters. The zero-order valence-corrected chi connectivity index (χ0v) is 14.4. The summed E-state index contributed by atoms with van der Waals surface area (Å²) in [4.78, 5) is 11.6. The van der Waals surface area contributed by atoms with Crippen LogP contribution in [-0.4, -0.2) is 38.2 Å². The van der Waals surface area contributed by atoms with Gasteiger partial charge in [-0.15, -0.1) is 0 Å². The van der Waals surface area contributed by atoms with Crippen LogP contribution in [-0.2, 0) is 6.42 Å². The minimum absolute atomic E-state index is 0.339. The van der Waals surface area contributed by atoms with Gasteiger partial charge in [0.05, 0.1) is 17.9 Å². The topological polar surface area (TPSA) is 46.8 Å². The van der Waals surface area contributed by atoms with E-state index >= 15 is 0 Å². The molecule has 1 atom stereocenters. The monoisotopic (exact) mass is 313 g/mol. The predicted octanol–water partition coefficient (Wildman–Crippen LogP) is 3.41. The maximum atomic E-state index is 4.92. The molecule has 2 aromatic heterocycles. The summed E-state index contributed by atoms with van der Waals surface area (Å²) in [7, 11) is 2.21. The molecule has 124 valence electrons. The first-order chi connectivity index (χ1) is 11.1. The third-order valence-corrected chi connectivity index (χ3v) is 4.48. The van der Waals surface area contributed by atoms with Crippen molar-refractivity contribution in [2.75, 3.05) is 13.6 Å². The molecule has 0 amide bonds. The average molecular weight is 313 g/mol. The highest BCUT2D eigenvalue weighted by Crippen LogP contribution is 2.29. The van der Waals surface area contributed by atoms with Gasteiger partial charge >= 0.3 is 0 Å². The molecule has 5 heteroatoms. The molecule has 1 fully saturated rings. The van der Waals surface area contributed by atoms with Crippen molar-refractivity contribution in [1.82, 2.24) is 24.6 Å². The summed E-state index contributed by atoms with van der Waals surface area (Å²) in [6.45, 7) is 5.55. The fraction of sp³-hybridized carbons (Fsp3) is 0.611. The number of pyridine rings is 1. The summed E-state index contributed by atoms with van der Waals surface area (Å²) in [6.07, 6.45) is 9.57. The first-order valence-corrected chi connectivity index (χ1v) is 8.71. The molecule has 0 bridgehead atoms. The largest absolute Gasteiger partial charge is 0.296 e. The van der Waals surface area contributed by atoms with Crippen molar-refractivity contribution in [3.05, 3.63) is 36.2 Å². The Morgan fingerprint density at radius 1 is 1.26 bits per heavy atom. The molecule has 0 aromatic carbocycles. The first-order valence-electron chi connectivity index (χ1n) is 8.71. The minimum atomic E-state index is 0.339. The molecular weight excluding hydrogens is 286 g/mol. The summed E-state index contributed by atoms with van der Waals surface area (Å²) >= 11 is 0. The maximum Gasteiger partial charge on any atom is 0.151 e. The molecular formula is C18H27N5. The Kier molecular flexibility index (Phi) is 5.06. The second-order valence-electron chi connectivity index (χ2n) is 6.95. The molecule has 1 saturated heterocycles. The molecule has 5 nitrogen and oxygen atoms in total. The Morgan fingerprint density at radius 2 is 2.13 bits per heavy atom. The van der Waals surface area contributed by atoms with Gasteiger partial charge in [0, 0.05) is 12.6 Å². The molecule has 0 radical (unpaired) electrons. The number of hydrogen-bond donors (Lipinski definition) is 0. The number of hydrogen-bond acceptors (Lipinski definition) is 4. The normalized spacial score (nSPS) is 19.9. The molecule has 0 spiro atoms. The van der Waals surface area contributed by atoms with Crippen LogP contribution in [0, 0.1) is 5.92 Å². The molecule has 3 heterocycles. The van der Waals surface area contributed by atoms with Crippen molar-refractivity contribution in [2.45, 2.75) is 52.0 Å². The lowest BCUT2D eigenvalue weighted by molar-refractivity contribution is 0.237. The van der Waals surface area contributed by atoms with Gasteiger partial charge in [-0.3, -0.25) is 9.88 Å². The number of nitrogens with zero attached hydrogens (tertiary/aromatic N) is 5. The van der Waals surface area contributed by atoms with E-state index in [2.05, 4.69) is 36.8 Å². The van der Waals surface area contributed by atoms with E-state index in [1.165, 1.54) is 19.3 Å². The second kappa shape index (κ2) is 7.21. The van der Waals surface area contributed by atoms with Gasteiger partial charge in [0.15, 0.2) is 5.82 Å². The SMILES string of the molecule is CC(C)Cc1nc([C@H]2CCCCCN2C)n(-c2cccnc2)n1. The Labute approximate surface area is 138 Å². The number of likely N-dealkylation sites (tertiary alicyclic amines) is 1. The fourth-order valence-electron chi connectivity index (χ4n) is 3.28. The molecule has 3 rings (SSSR count). The Hall–Kier alpha value is -1.75. The van der Waals surface area contributed by atoms with Crippen molar-refractivity contribution in [3.63, 3.8) is 0 Å². The molecule has 23 heavy (non-hydrogen) atoms. The van der Waals surface area contributed by atoms with Crippen molar-refractivity contribution in [1.29, 1.82) is 0 Å². The van der Waals surface area contributed by atoms with Crippen LogP contribution in [0.4, 0.5) is 0 Å². The summed E-state index contributed by atoms with van der Waals surface area (Å²) in [5, 5.41) is 4.80. The van der Waals surface area contributed by atoms with Gasteiger partial charge in [0.25, 0.3) is 0 Å². The van der Waals surface area contributed by atoms with Crippen LogP contribution in [0.2, 0.25) is 0 Å². The third kappa shape index (κ3) is 3.78. The third-order valence-electron chi connectivity index (χ3n) is 4.48. The van der Waals surface area contributed by atoms with E-state index < -0.39 is 0 Å². The van der Waals surface area contributed by atoms with Crippen LogP contribution in [0.25, 0.3) is 5.69 Å². The van der Waals surface area contributed by atoms with Gasteiger partial charge in [-0.05, 0) is 44.5 Å². The van der Waals surface area contributed by atoms with Crippen LogP contribution in [0.5, 0.6) is 0 Å². The lowest BCUT2D eigenvalue weighted by atomic mass is 10.1. The van der Waals surface area contributed by atoms with Crippen molar-refractivity contribution < 1.29 is 0 Å². The Morgan fingerprint density at radius 3 is 2.87 bits per heavy atom. The van der Waals surface area contributed by atoms with E-state index in [9.17, 15) is 0 Å². The molecule has 1 aliphatic rings. The smallest absolute Gasteiger partial charge is 0.151 e. The van der Waals surface area contributed by atoms with E-state index in [1.807, 2.05) is 16.9 Å². The average Bonchev–Trinajstić information content (AvgIpc) is 2.81. The lowest BCUT2D eigenvalue weighted by Gasteiger charge is -2.25. The summed E-state index contributed by atoms with van der Waals surface area (Å²) < 4.78 is 2.01. The zero-order chi connectivity index (χ0) is 16.2.